The van der Waals surface area contributed by atoms with Crippen molar-refractivity contribution in [3.63, 3.8) is 0 Å². The number of hydrogen-bond donors (Lipinski definition) is 3. The summed E-state index contributed by atoms with van der Waals surface area (Å²) in [5, 5.41) is 12.0. The summed E-state index contributed by atoms with van der Waals surface area (Å²) in [4.78, 5) is 23.1. The van der Waals surface area contributed by atoms with Crippen LogP contribution in [0.4, 0.5) is 23.1 Å². The van der Waals surface area contributed by atoms with Crippen LogP contribution >= 0.6 is 11.3 Å². The van der Waals surface area contributed by atoms with Gasteiger partial charge in [-0.05, 0) is 67.5 Å². The highest BCUT2D eigenvalue weighted by Crippen LogP contribution is 2.31. The Labute approximate surface area is 186 Å². The lowest BCUT2D eigenvalue weighted by Crippen LogP contribution is -2.39. The van der Waals surface area contributed by atoms with Crippen LogP contribution in [0.25, 0.3) is 10.2 Å². The molecule has 162 valence electrons. The van der Waals surface area contributed by atoms with Crippen molar-refractivity contribution in [2.24, 2.45) is 0 Å². The van der Waals surface area contributed by atoms with Gasteiger partial charge in [-0.15, -0.1) is 11.3 Å². The van der Waals surface area contributed by atoms with Crippen molar-refractivity contribution < 1.29 is 4.79 Å². The number of thiophene rings is 1. The summed E-state index contributed by atoms with van der Waals surface area (Å²) < 4.78 is 1.07. The standard InChI is InChI=1S/C23H28N6OS/c1-4-20(30)24-15-5-7-16(8-6-15)25-22-21-19(13-14-31-21)27-23(28-22)26-17-9-11-18(12-10-17)29(2)3/h4,9-16H,1,5-8H2,2-3H3,(H,24,30)(H2,25,26,27,28). The van der Waals surface area contributed by atoms with Crippen LogP contribution in [-0.2, 0) is 4.79 Å². The Bertz CT molecular complexity index is 1050. The van der Waals surface area contributed by atoms with Crippen LogP contribution in [0.1, 0.15) is 25.7 Å². The van der Waals surface area contributed by atoms with Crippen molar-refractivity contribution in [3.8, 4) is 0 Å². The zero-order chi connectivity index (χ0) is 21.8. The van der Waals surface area contributed by atoms with Gasteiger partial charge in [-0.3, -0.25) is 4.79 Å². The van der Waals surface area contributed by atoms with Gasteiger partial charge in [0.25, 0.3) is 0 Å². The summed E-state index contributed by atoms with van der Waals surface area (Å²) in [6.07, 6.45) is 5.18. The number of anilines is 4. The smallest absolute Gasteiger partial charge is 0.243 e. The van der Waals surface area contributed by atoms with E-state index in [2.05, 4.69) is 44.5 Å². The fraction of sp³-hybridized carbons (Fsp3) is 0.348. The van der Waals surface area contributed by atoms with Gasteiger partial charge in [0.1, 0.15) is 5.82 Å². The number of benzene rings is 1. The molecule has 0 aliphatic heterocycles. The fourth-order valence-corrected chi connectivity index (χ4v) is 4.61. The molecule has 2 heterocycles. The normalized spacial score (nSPS) is 18.4. The third kappa shape index (κ3) is 5.14. The average Bonchev–Trinajstić information content (AvgIpc) is 3.24. The lowest BCUT2D eigenvalue weighted by molar-refractivity contribution is -0.117. The Hall–Kier alpha value is -3.13. The Morgan fingerprint density at radius 1 is 1.10 bits per heavy atom. The number of hydrogen-bond acceptors (Lipinski definition) is 7. The van der Waals surface area contributed by atoms with Crippen molar-refractivity contribution in [1.82, 2.24) is 15.3 Å². The summed E-state index contributed by atoms with van der Waals surface area (Å²) in [5.74, 6) is 1.35. The predicted molar refractivity (Wildman–Crippen MR) is 129 cm³/mol. The van der Waals surface area contributed by atoms with Crippen LogP contribution in [0.5, 0.6) is 0 Å². The van der Waals surface area contributed by atoms with Crippen LogP contribution < -0.4 is 20.9 Å². The predicted octanol–water partition coefficient (Wildman–Crippen LogP) is 4.53. The highest BCUT2D eigenvalue weighted by Gasteiger charge is 2.23. The molecule has 0 unspecified atom stereocenters. The zero-order valence-corrected chi connectivity index (χ0v) is 18.7. The van der Waals surface area contributed by atoms with Crippen molar-refractivity contribution in [1.29, 1.82) is 0 Å². The van der Waals surface area contributed by atoms with Crippen LogP contribution in [-0.4, -0.2) is 42.1 Å². The van der Waals surface area contributed by atoms with E-state index in [-0.39, 0.29) is 11.9 Å². The summed E-state index contributed by atoms with van der Waals surface area (Å²) in [6, 6.07) is 10.8. The van der Waals surface area contributed by atoms with Gasteiger partial charge in [0.15, 0.2) is 0 Å². The molecule has 1 aromatic carbocycles. The molecule has 0 spiro atoms. The lowest BCUT2D eigenvalue weighted by Gasteiger charge is -2.29. The largest absolute Gasteiger partial charge is 0.378 e. The van der Waals surface area contributed by atoms with Gasteiger partial charge in [-0.1, -0.05) is 6.58 Å². The first-order valence-corrected chi connectivity index (χ1v) is 11.4. The van der Waals surface area contributed by atoms with Crippen LogP contribution in [0.2, 0.25) is 0 Å². The Balaban J connectivity index is 1.46. The number of nitrogens with zero attached hydrogens (tertiary/aromatic N) is 3. The highest BCUT2D eigenvalue weighted by atomic mass is 32.1. The number of fused-ring (bicyclic) bond motifs is 1. The molecule has 0 bridgehead atoms. The van der Waals surface area contributed by atoms with E-state index in [0.717, 1.165) is 53.1 Å². The number of carbonyl (C=O) groups is 1. The van der Waals surface area contributed by atoms with Crippen molar-refractivity contribution in [3.05, 3.63) is 48.4 Å². The highest BCUT2D eigenvalue weighted by molar-refractivity contribution is 7.17. The van der Waals surface area contributed by atoms with Crippen LogP contribution in [0, 0.1) is 0 Å². The summed E-state index contributed by atoms with van der Waals surface area (Å²) in [6.45, 7) is 3.53. The minimum absolute atomic E-state index is 0.0955. The van der Waals surface area contributed by atoms with Crippen LogP contribution in [0.15, 0.2) is 48.4 Å². The van der Waals surface area contributed by atoms with Gasteiger partial charge in [0.05, 0.1) is 10.2 Å². The Kier molecular flexibility index (Phi) is 6.36. The number of rotatable bonds is 7. The number of aromatic nitrogens is 2. The van der Waals surface area contributed by atoms with E-state index >= 15 is 0 Å². The minimum atomic E-state index is -0.0955. The number of amides is 1. The topological polar surface area (TPSA) is 82.2 Å². The molecule has 3 aromatic rings. The molecule has 0 atom stereocenters. The van der Waals surface area contributed by atoms with Crippen molar-refractivity contribution in [2.75, 3.05) is 29.6 Å². The van der Waals surface area contributed by atoms with E-state index < -0.39 is 0 Å². The van der Waals surface area contributed by atoms with E-state index in [4.69, 9.17) is 4.98 Å². The molecule has 4 rings (SSSR count). The van der Waals surface area contributed by atoms with Gasteiger partial charge in [0.2, 0.25) is 11.9 Å². The first kappa shape index (κ1) is 21.1. The molecule has 1 saturated carbocycles. The molecular weight excluding hydrogens is 408 g/mol. The molecule has 0 saturated heterocycles. The Morgan fingerprint density at radius 3 is 2.48 bits per heavy atom. The zero-order valence-electron chi connectivity index (χ0n) is 17.9. The molecule has 7 nitrogen and oxygen atoms in total. The monoisotopic (exact) mass is 436 g/mol. The SMILES string of the molecule is C=CC(=O)NC1CCC(Nc2nc(Nc3ccc(N(C)C)cc3)nc3ccsc23)CC1. The molecule has 1 fully saturated rings. The minimum Gasteiger partial charge on any atom is -0.378 e. The summed E-state index contributed by atoms with van der Waals surface area (Å²) in [5.41, 5.74) is 3.02. The Morgan fingerprint density at radius 2 is 1.81 bits per heavy atom. The quantitative estimate of drug-likeness (QED) is 0.472. The first-order chi connectivity index (χ1) is 15.0. The molecule has 2 aromatic heterocycles. The van der Waals surface area contributed by atoms with Crippen molar-refractivity contribution in [2.45, 2.75) is 37.8 Å². The van der Waals surface area contributed by atoms with Crippen LogP contribution in [0.3, 0.4) is 0 Å². The van der Waals surface area contributed by atoms with E-state index in [9.17, 15) is 4.79 Å². The molecule has 3 N–H and O–H groups in total. The summed E-state index contributed by atoms with van der Waals surface area (Å²) in [7, 11) is 4.05. The van der Waals surface area contributed by atoms with E-state index in [1.54, 1.807) is 11.3 Å². The van der Waals surface area contributed by atoms with Gasteiger partial charge < -0.3 is 20.9 Å². The van der Waals surface area contributed by atoms with Crippen molar-refractivity contribution >= 4 is 50.6 Å². The van der Waals surface area contributed by atoms with Gasteiger partial charge >= 0.3 is 0 Å². The molecule has 1 aliphatic rings. The van der Waals surface area contributed by atoms with Gasteiger partial charge in [-0.25, -0.2) is 4.98 Å². The average molecular weight is 437 g/mol. The first-order valence-electron chi connectivity index (χ1n) is 10.5. The third-order valence-corrected chi connectivity index (χ3v) is 6.45. The molecule has 31 heavy (non-hydrogen) atoms. The molecule has 1 amide bonds. The molecule has 1 aliphatic carbocycles. The van der Waals surface area contributed by atoms with Gasteiger partial charge in [0, 0.05) is 37.6 Å². The maximum Gasteiger partial charge on any atom is 0.243 e. The third-order valence-electron chi connectivity index (χ3n) is 5.54. The maximum absolute atomic E-state index is 11.5. The fourth-order valence-electron chi connectivity index (χ4n) is 3.82. The maximum atomic E-state index is 11.5. The second-order valence-corrected chi connectivity index (χ2v) is 8.92. The number of nitrogens with one attached hydrogen (secondary N) is 3. The molecule has 0 radical (unpaired) electrons. The van der Waals surface area contributed by atoms with E-state index in [1.165, 1.54) is 6.08 Å². The number of carbonyl (C=O) groups excluding carboxylic acids is 1. The van der Waals surface area contributed by atoms with Gasteiger partial charge in [-0.2, -0.15) is 4.98 Å². The lowest BCUT2D eigenvalue weighted by atomic mass is 9.91. The van der Waals surface area contributed by atoms with E-state index in [1.807, 2.05) is 37.7 Å². The second-order valence-electron chi connectivity index (χ2n) is 8.00. The molecule has 8 heteroatoms. The molecular formula is C23H28N6OS. The van der Waals surface area contributed by atoms with E-state index in [0.29, 0.717) is 12.0 Å². The summed E-state index contributed by atoms with van der Waals surface area (Å²) >= 11 is 1.65. The second kappa shape index (κ2) is 9.34.